The zero-order valence-electron chi connectivity index (χ0n) is 28.9. The maximum atomic E-state index is 13.0. The van der Waals surface area contributed by atoms with Crippen LogP contribution in [-0.2, 0) is 22.4 Å². The Morgan fingerprint density at radius 3 is 2.27 bits per heavy atom. The Morgan fingerprint density at radius 2 is 1.59 bits per heavy atom. The number of hydrogen-bond acceptors (Lipinski definition) is 8. The summed E-state index contributed by atoms with van der Waals surface area (Å²) < 4.78 is 6.86. The molecule has 1 aromatic carbocycles. The van der Waals surface area contributed by atoms with Crippen molar-refractivity contribution in [2.75, 3.05) is 31.5 Å². The van der Waals surface area contributed by atoms with Crippen molar-refractivity contribution < 1.29 is 29.0 Å². The first-order valence-electron chi connectivity index (χ1n) is 16.9. The lowest BCUT2D eigenvalue weighted by atomic mass is 9.87. The standard InChI is InChI=1S/C34H48N8O7/c1-33(2,3)49-32(48)36-25-10-9-24(20-25)35-23-8-6-22-19-26(11-7-21(22)18-23)42-13-12-27(38-30(42)45)37-29(44)41-16-14-40(15-17-41)28(43)34(4,5)39-31(46)47/h7,11-13,19,23-25,35,39H,6,8-10,14-18,20H2,1-5H3,(H,36,48)(H,46,47)(H,37,38,44,45)/t23?,24-,25-/m0/s1. The molecule has 5 rings (SSSR count). The topological polar surface area (TPSA) is 187 Å². The van der Waals surface area contributed by atoms with Gasteiger partial charge in [0.15, 0.2) is 0 Å². The number of urea groups is 1. The van der Waals surface area contributed by atoms with E-state index in [-0.39, 0.29) is 50.0 Å². The van der Waals surface area contributed by atoms with Gasteiger partial charge in [0.25, 0.3) is 0 Å². The lowest BCUT2D eigenvalue weighted by Crippen LogP contribution is -2.60. The molecule has 5 amide bonds. The number of piperazine rings is 1. The van der Waals surface area contributed by atoms with Crippen molar-refractivity contribution in [2.45, 2.75) is 102 Å². The Bertz CT molecular complexity index is 1630. The molecular formula is C34H48N8O7. The molecule has 2 aromatic rings. The van der Waals surface area contributed by atoms with Crippen LogP contribution >= 0.6 is 0 Å². The van der Waals surface area contributed by atoms with Crippen LogP contribution in [0.3, 0.4) is 0 Å². The summed E-state index contributed by atoms with van der Waals surface area (Å²) in [7, 11) is 0. The Labute approximate surface area is 285 Å². The molecule has 15 nitrogen and oxygen atoms in total. The number of fused-ring (bicyclic) bond motifs is 1. The summed E-state index contributed by atoms with van der Waals surface area (Å²) >= 11 is 0. The minimum atomic E-state index is -1.29. The first-order valence-corrected chi connectivity index (χ1v) is 16.9. The number of carbonyl (C=O) groups is 4. The van der Waals surface area contributed by atoms with E-state index in [4.69, 9.17) is 9.84 Å². The molecule has 0 radical (unpaired) electrons. The number of carbonyl (C=O) groups excluding carboxylic acids is 3. The second-order valence-electron chi connectivity index (χ2n) is 14.6. The molecule has 1 saturated heterocycles. The lowest BCUT2D eigenvalue weighted by Gasteiger charge is -2.38. The number of anilines is 1. The van der Waals surface area contributed by atoms with E-state index < -0.39 is 29.0 Å². The number of amides is 5. The number of hydrogen-bond donors (Lipinski definition) is 5. The van der Waals surface area contributed by atoms with Gasteiger partial charge in [0.2, 0.25) is 5.91 Å². The predicted molar refractivity (Wildman–Crippen MR) is 182 cm³/mol. The molecule has 1 aromatic heterocycles. The van der Waals surface area contributed by atoms with Crippen molar-refractivity contribution in [1.29, 1.82) is 0 Å². The fourth-order valence-electron chi connectivity index (χ4n) is 6.79. The van der Waals surface area contributed by atoms with Crippen LogP contribution in [0.4, 0.5) is 20.2 Å². The summed E-state index contributed by atoms with van der Waals surface area (Å²) in [5.74, 6) is -0.244. The zero-order valence-corrected chi connectivity index (χ0v) is 28.9. The van der Waals surface area contributed by atoms with Crippen molar-refractivity contribution >= 4 is 29.9 Å². The van der Waals surface area contributed by atoms with Crippen LogP contribution in [-0.4, -0.2) is 104 Å². The number of carboxylic acid groups (broad SMARTS) is 1. The minimum Gasteiger partial charge on any atom is -0.465 e. The minimum absolute atomic E-state index is 0.106. The van der Waals surface area contributed by atoms with E-state index in [1.807, 2.05) is 32.9 Å². The fraction of sp³-hybridized carbons (Fsp3) is 0.588. The van der Waals surface area contributed by atoms with Crippen molar-refractivity contribution in [2.24, 2.45) is 0 Å². The number of aromatic nitrogens is 2. The Kier molecular flexibility index (Phi) is 10.5. The largest absolute Gasteiger partial charge is 0.465 e. The molecule has 3 atom stereocenters. The Morgan fingerprint density at radius 1 is 0.898 bits per heavy atom. The van der Waals surface area contributed by atoms with E-state index in [9.17, 15) is 24.0 Å². The smallest absolute Gasteiger partial charge is 0.407 e. The quantitative estimate of drug-likeness (QED) is 0.293. The number of ether oxygens (including phenoxy) is 1. The zero-order chi connectivity index (χ0) is 35.5. The van der Waals surface area contributed by atoms with Gasteiger partial charge in [-0.3, -0.25) is 14.7 Å². The van der Waals surface area contributed by atoms with Gasteiger partial charge in [0.1, 0.15) is 17.0 Å². The molecule has 2 heterocycles. The molecule has 1 saturated carbocycles. The molecule has 2 fully saturated rings. The van der Waals surface area contributed by atoms with Gasteiger partial charge in [-0.05, 0) is 102 Å². The van der Waals surface area contributed by atoms with E-state index >= 15 is 0 Å². The Balaban J connectivity index is 1.11. The molecule has 0 spiro atoms. The van der Waals surface area contributed by atoms with E-state index in [1.54, 1.807) is 12.3 Å². The summed E-state index contributed by atoms with van der Waals surface area (Å²) in [5.41, 5.74) is 0.805. The molecule has 15 heteroatoms. The molecule has 266 valence electrons. The van der Waals surface area contributed by atoms with Crippen LogP contribution in [0, 0.1) is 0 Å². The third-order valence-corrected chi connectivity index (χ3v) is 9.17. The van der Waals surface area contributed by atoms with Gasteiger partial charge >= 0.3 is 23.9 Å². The second kappa shape index (κ2) is 14.4. The average Bonchev–Trinajstić information content (AvgIpc) is 3.45. The first-order chi connectivity index (χ1) is 23.1. The normalized spacial score (nSPS) is 21.0. The summed E-state index contributed by atoms with van der Waals surface area (Å²) in [6.07, 6.45) is 5.45. The van der Waals surface area contributed by atoms with Crippen LogP contribution in [0.15, 0.2) is 35.3 Å². The molecule has 1 unspecified atom stereocenters. The van der Waals surface area contributed by atoms with Crippen molar-refractivity contribution in [1.82, 2.24) is 35.3 Å². The maximum absolute atomic E-state index is 13.0. The van der Waals surface area contributed by atoms with Crippen LogP contribution in [0.1, 0.15) is 71.4 Å². The molecule has 2 aliphatic carbocycles. The molecule has 5 N–H and O–H groups in total. The monoisotopic (exact) mass is 680 g/mol. The molecule has 3 aliphatic rings. The second-order valence-corrected chi connectivity index (χ2v) is 14.6. The van der Waals surface area contributed by atoms with Crippen LogP contribution in [0.2, 0.25) is 0 Å². The van der Waals surface area contributed by atoms with Crippen LogP contribution in [0.25, 0.3) is 5.69 Å². The first kappa shape index (κ1) is 35.6. The number of aryl methyl sites for hydroxylation is 1. The summed E-state index contributed by atoms with van der Waals surface area (Å²) in [4.78, 5) is 69.0. The fourth-order valence-corrected chi connectivity index (χ4v) is 6.79. The SMILES string of the molecule is CC(C)(C)OC(=O)N[C@H]1CC[C@H](NC2CCc3cc(-n4ccc(NC(=O)N5CCN(C(=O)C(C)(C)NC(=O)O)CC5)nc4=O)ccc3C2)C1. The summed E-state index contributed by atoms with van der Waals surface area (Å²) in [5, 5.41) is 20.7. The summed E-state index contributed by atoms with van der Waals surface area (Å²) in [6, 6.07) is 7.91. The Hall–Kier alpha value is -4.66. The summed E-state index contributed by atoms with van der Waals surface area (Å²) in [6.45, 7) is 9.55. The molecule has 0 bridgehead atoms. The third kappa shape index (κ3) is 9.28. The van der Waals surface area contributed by atoms with E-state index in [0.717, 1.165) is 38.5 Å². The van der Waals surface area contributed by atoms with E-state index in [0.29, 0.717) is 17.8 Å². The van der Waals surface area contributed by atoms with Gasteiger partial charge in [-0.1, -0.05) is 6.07 Å². The van der Waals surface area contributed by atoms with Gasteiger partial charge in [-0.2, -0.15) is 4.98 Å². The van der Waals surface area contributed by atoms with Gasteiger partial charge in [0, 0.05) is 50.5 Å². The number of nitrogens with zero attached hydrogens (tertiary/aromatic N) is 4. The van der Waals surface area contributed by atoms with Gasteiger partial charge in [-0.15, -0.1) is 0 Å². The highest BCUT2D eigenvalue weighted by molar-refractivity contribution is 5.90. The van der Waals surface area contributed by atoms with Gasteiger partial charge in [-0.25, -0.2) is 19.2 Å². The van der Waals surface area contributed by atoms with E-state index in [2.05, 4.69) is 32.3 Å². The van der Waals surface area contributed by atoms with Crippen molar-refractivity contribution in [3.8, 4) is 5.69 Å². The third-order valence-electron chi connectivity index (χ3n) is 9.17. The van der Waals surface area contributed by atoms with Crippen LogP contribution in [0.5, 0.6) is 0 Å². The molecular weight excluding hydrogens is 632 g/mol. The van der Waals surface area contributed by atoms with Crippen molar-refractivity contribution in [3.63, 3.8) is 0 Å². The predicted octanol–water partition coefficient (Wildman–Crippen LogP) is 2.85. The number of benzene rings is 1. The highest BCUT2D eigenvalue weighted by Crippen LogP contribution is 2.27. The maximum Gasteiger partial charge on any atom is 0.407 e. The van der Waals surface area contributed by atoms with Crippen LogP contribution < -0.4 is 27.0 Å². The molecule has 1 aliphatic heterocycles. The lowest BCUT2D eigenvalue weighted by molar-refractivity contribution is -0.138. The number of rotatable bonds is 7. The average molecular weight is 681 g/mol. The van der Waals surface area contributed by atoms with Gasteiger partial charge in [0.05, 0.1) is 5.69 Å². The highest BCUT2D eigenvalue weighted by Gasteiger charge is 2.36. The van der Waals surface area contributed by atoms with E-state index in [1.165, 1.54) is 39.3 Å². The van der Waals surface area contributed by atoms with Gasteiger partial charge < -0.3 is 35.6 Å². The highest BCUT2D eigenvalue weighted by atomic mass is 16.6. The number of nitrogens with one attached hydrogen (secondary N) is 4. The molecule has 49 heavy (non-hydrogen) atoms. The number of alkyl carbamates (subject to hydrolysis) is 1. The van der Waals surface area contributed by atoms with Crippen molar-refractivity contribution in [3.05, 3.63) is 52.1 Å².